The lowest BCUT2D eigenvalue weighted by atomic mass is 9.82. The quantitative estimate of drug-likeness (QED) is 0.677. The van der Waals surface area contributed by atoms with E-state index in [0.717, 1.165) is 31.7 Å². The van der Waals surface area contributed by atoms with Crippen LogP contribution in [0.15, 0.2) is 12.1 Å². The third-order valence-corrected chi connectivity index (χ3v) is 4.32. The molecule has 0 aromatic heterocycles. The summed E-state index contributed by atoms with van der Waals surface area (Å²) in [5.74, 6) is -3.89. The average molecular weight is 287 g/mol. The van der Waals surface area contributed by atoms with Crippen molar-refractivity contribution < 1.29 is 17.9 Å². The van der Waals surface area contributed by atoms with E-state index in [4.69, 9.17) is 10.5 Å². The summed E-state index contributed by atoms with van der Waals surface area (Å²) in [4.78, 5) is 0. The van der Waals surface area contributed by atoms with Crippen molar-refractivity contribution in [3.05, 3.63) is 35.1 Å². The number of rotatable bonds is 3. The molecule has 2 N–H and O–H groups in total. The average Bonchev–Trinajstić information content (AvgIpc) is 2.71. The fourth-order valence-electron chi connectivity index (χ4n) is 3.03. The van der Waals surface area contributed by atoms with Crippen molar-refractivity contribution in [3.63, 3.8) is 0 Å². The van der Waals surface area contributed by atoms with Gasteiger partial charge in [0.15, 0.2) is 17.5 Å². The standard InChI is InChI=1S/C15H20F3NO/c1-20-15(8-4-2-3-5-9-15)14(19)10-6-7-11(16)13(18)12(10)17/h6-7,14H,2-5,8-9,19H2,1H3. The van der Waals surface area contributed by atoms with Gasteiger partial charge in [0.05, 0.1) is 11.6 Å². The highest BCUT2D eigenvalue weighted by Gasteiger charge is 2.39. The van der Waals surface area contributed by atoms with Gasteiger partial charge < -0.3 is 10.5 Å². The van der Waals surface area contributed by atoms with Gasteiger partial charge in [0.1, 0.15) is 0 Å². The molecule has 0 amide bonds. The maximum absolute atomic E-state index is 13.9. The number of hydrogen-bond acceptors (Lipinski definition) is 2. The second-order valence-corrected chi connectivity index (χ2v) is 5.43. The molecule has 1 fully saturated rings. The molecule has 1 aromatic carbocycles. The van der Waals surface area contributed by atoms with Gasteiger partial charge in [-0.25, -0.2) is 13.2 Å². The molecule has 0 spiro atoms. The molecule has 1 atom stereocenters. The Morgan fingerprint density at radius 3 is 2.20 bits per heavy atom. The zero-order chi connectivity index (χ0) is 14.8. The first-order valence-corrected chi connectivity index (χ1v) is 6.96. The fraction of sp³-hybridized carbons (Fsp3) is 0.600. The van der Waals surface area contributed by atoms with Crippen molar-refractivity contribution in [1.82, 2.24) is 0 Å². The minimum absolute atomic E-state index is 0.0207. The summed E-state index contributed by atoms with van der Waals surface area (Å²) in [6.07, 6.45) is 5.43. The maximum atomic E-state index is 13.9. The zero-order valence-corrected chi connectivity index (χ0v) is 11.6. The molecule has 2 rings (SSSR count). The van der Waals surface area contributed by atoms with Crippen LogP contribution in [0.1, 0.15) is 50.1 Å². The van der Waals surface area contributed by atoms with Gasteiger partial charge in [-0.05, 0) is 18.9 Å². The highest BCUT2D eigenvalue weighted by atomic mass is 19.2. The third kappa shape index (κ3) is 2.69. The number of hydrogen-bond donors (Lipinski definition) is 1. The Balaban J connectivity index is 2.37. The maximum Gasteiger partial charge on any atom is 0.194 e. The molecule has 1 aromatic rings. The first-order chi connectivity index (χ1) is 9.52. The summed E-state index contributed by atoms with van der Waals surface area (Å²) in [6.45, 7) is 0. The van der Waals surface area contributed by atoms with E-state index in [9.17, 15) is 13.2 Å². The molecule has 0 radical (unpaired) electrons. The summed E-state index contributed by atoms with van der Waals surface area (Å²) in [6, 6.07) is 1.32. The molecule has 2 nitrogen and oxygen atoms in total. The summed E-state index contributed by atoms with van der Waals surface area (Å²) in [5.41, 5.74) is 5.42. The zero-order valence-electron chi connectivity index (χ0n) is 11.6. The van der Waals surface area contributed by atoms with Crippen LogP contribution in [0.5, 0.6) is 0 Å². The van der Waals surface area contributed by atoms with Crippen molar-refractivity contribution in [2.24, 2.45) is 5.73 Å². The second-order valence-electron chi connectivity index (χ2n) is 5.43. The molecule has 112 valence electrons. The van der Waals surface area contributed by atoms with Crippen LogP contribution in [0, 0.1) is 17.5 Å². The Labute approximate surface area is 117 Å². The number of benzene rings is 1. The minimum Gasteiger partial charge on any atom is -0.376 e. The van der Waals surface area contributed by atoms with Gasteiger partial charge in [-0.15, -0.1) is 0 Å². The highest BCUT2D eigenvalue weighted by molar-refractivity contribution is 5.26. The van der Waals surface area contributed by atoms with E-state index in [1.54, 1.807) is 7.11 Å². The minimum atomic E-state index is -1.47. The lowest BCUT2D eigenvalue weighted by molar-refractivity contribution is -0.0450. The van der Waals surface area contributed by atoms with Gasteiger partial charge in [0.25, 0.3) is 0 Å². The number of methoxy groups -OCH3 is 1. The van der Waals surface area contributed by atoms with Crippen molar-refractivity contribution in [2.75, 3.05) is 7.11 Å². The fourth-order valence-corrected chi connectivity index (χ4v) is 3.03. The molecule has 0 saturated heterocycles. The summed E-state index contributed by atoms with van der Waals surface area (Å²) < 4.78 is 45.9. The van der Waals surface area contributed by atoms with Gasteiger partial charge in [-0.3, -0.25) is 0 Å². The molecular weight excluding hydrogens is 267 g/mol. The topological polar surface area (TPSA) is 35.2 Å². The predicted molar refractivity (Wildman–Crippen MR) is 70.7 cm³/mol. The van der Waals surface area contributed by atoms with Gasteiger partial charge in [-0.2, -0.15) is 0 Å². The van der Waals surface area contributed by atoms with Gasteiger partial charge in [0.2, 0.25) is 0 Å². The van der Waals surface area contributed by atoms with E-state index in [1.165, 1.54) is 6.07 Å². The monoisotopic (exact) mass is 287 g/mol. The Hall–Kier alpha value is -1.07. The van der Waals surface area contributed by atoms with E-state index in [2.05, 4.69) is 0 Å². The highest BCUT2D eigenvalue weighted by Crippen LogP contribution is 2.39. The van der Waals surface area contributed by atoms with Gasteiger partial charge in [-0.1, -0.05) is 31.7 Å². The van der Waals surface area contributed by atoms with Crippen LogP contribution in [-0.4, -0.2) is 12.7 Å². The molecular formula is C15H20F3NO. The van der Waals surface area contributed by atoms with Crippen molar-refractivity contribution in [1.29, 1.82) is 0 Å². The lowest BCUT2D eigenvalue weighted by Crippen LogP contribution is -2.43. The first kappa shape index (κ1) is 15.3. The number of nitrogens with two attached hydrogens (primary N) is 1. The first-order valence-electron chi connectivity index (χ1n) is 6.96. The van der Waals surface area contributed by atoms with Crippen LogP contribution in [0.25, 0.3) is 0 Å². The van der Waals surface area contributed by atoms with Crippen LogP contribution in [0.3, 0.4) is 0 Å². The summed E-state index contributed by atoms with van der Waals surface area (Å²) in [5, 5.41) is 0. The molecule has 1 unspecified atom stereocenters. The van der Waals surface area contributed by atoms with E-state index in [-0.39, 0.29) is 5.56 Å². The van der Waals surface area contributed by atoms with Crippen LogP contribution < -0.4 is 5.73 Å². The van der Waals surface area contributed by atoms with E-state index in [0.29, 0.717) is 12.8 Å². The Kier molecular flexibility index (Phi) is 4.70. The Bertz CT molecular complexity index is 470. The molecule has 1 aliphatic rings. The molecule has 1 saturated carbocycles. The van der Waals surface area contributed by atoms with E-state index >= 15 is 0 Å². The lowest BCUT2D eigenvalue weighted by Gasteiger charge is -2.37. The Morgan fingerprint density at radius 2 is 1.65 bits per heavy atom. The molecule has 0 heterocycles. The molecule has 20 heavy (non-hydrogen) atoms. The van der Waals surface area contributed by atoms with Crippen molar-refractivity contribution in [3.8, 4) is 0 Å². The van der Waals surface area contributed by atoms with Crippen LogP contribution >= 0.6 is 0 Å². The molecule has 1 aliphatic carbocycles. The summed E-state index contributed by atoms with van der Waals surface area (Å²) in [7, 11) is 1.54. The normalized spacial score (nSPS) is 20.4. The van der Waals surface area contributed by atoms with Gasteiger partial charge in [0, 0.05) is 12.7 Å². The third-order valence-electron chi connectivity index (χ3n) is 4.32. The smallest absolute Gasteiger partial charge is 0.194 e. The van der Waals surface area contributed by atoms with Crippen LogP contribution in [0.2, 0.25) is 0 Å². The predicted octanol–water partition coefficient (Wildman–Crippen LogP) is 3.84. The van der Waals surface area contributed by atoms with E-state index < -0.39 is 29.1 Å². The Morgan fingerprint density at radius 1 is 1.05 bits per heavy atom. The second kappa shape index (κ2) is 6.14. The molecule has 0 aliphatic heterocycles. The van der Waals surface area contributed by atoms with Crippen LogP contribution in [-0.2, 0) is 4.74 Å². The largest absolute Gasteiger partial charge is 0.376 e. The number of ether oxygens (including phenoxy) is 1. The molecule has 0 bridgehead atoms. The van der Waals surface area contributed by atoms with Gasteiger partial charge >= 0.3 is 0 Å². The van der Waals surface area contributed by atoms with Crippen LogP contribution in [0.4, 0.5) is 13.2 Å². The van der Waals surface area contributed by atoms with E-state index in [1.807, 2.05) is 0 Å². The van der Waals surface area contributed by atoms with Crippen molar-refractivity contribution >= 4 is 0 Å². The SMILES string of the molecule is COC1(C(N)c2ccc(F)c(F)c2F)CCCCCC1. The molecule has 5 heteroatoms. The van der Waals surface area contributed by atoms with Crippen molar-refractivity contribution in [2.45, 2.75) is 50.2 Å². The summed E-state index contributed by atoms with van der Waals surface area (Å²) >= 11 is 0. The number of halogens is 3.